The van der Waals surface area contributed by atoms with Gasteiger partial charge in [0, 0.05) is 11.4 Å². The Morgan fingerprint density at radius 3 is 2.41 bits per heavy atom. The van der Waals surface area contributed by atoms with Gasteiger partial charge in [-0.2, -0.15) is 0 Å². The summed E-state index contributed by atoms with van der Waals surface area (Å²) in [4.78, 5) is 20.2. The lowest BCUT2D eigenvalue weighted by molar-refractivity contribution is 0.0628. The first-order chi connectivity index (χ1) is 13.8. The molecule has 2 heterocycles. The van der Waals surface area contributed by atoms with Crippen molar-refractivity contribution in [3.63, 3.8) is 0 Å². The second kappa shape index (κ2) is 7.31. The number of fused-ring (bicyclic) bond motifs is 1. The highest BCUT2D eigenvalue weighted by molar-refractivity contribution is 7.89. The van der Waals surface area contributed by atoms with Gasteiger partial charge in [0.05, 0.1) is 16.2 Å². The first kappa shape index (κ1) is 19.1. The molecule has 148 valence electrons. The Morgan fingerprint density at radius 2 is 1.69 bits per heavy atom. The third-order valence-corrected chi connectivity index (χ3v) is 6.00. The van der Waals surface area contributed by atoms with Crippen LogP contribution in [0.3, 0.4) is 0 Å². The zero-order chi connectivity index (χ0) is 20.6. The van der Waals surface area contributed by atoms with Gasteiger partial charge in [0.1, 0.15) is 0 Å². The maximum absolute atomic E-state index is 13.2. The van der Waals surface area contributed by atoms with Crippen molar-refractivity contribution in [2.24, 2.45) is 0 Å². The lowest BCUT2D eigenvalue weighted by atomic mass is 10.1. The summed E-state index contributed by atoms with van der Waals surface area (Å²) in [5.74, 6) is -0.455. The fourth-order valence-corrected chi connectivity index (χ4v) is 4.22. The molecule has 29 heavy (non-hydrogen) atoms. The molecule has 0 saturated carbocycles. The van der Waals surface area contributed by atoms with Crippen molar-refractivity contribution in [1.29, 1.82) is 0 Å². The van der Waals surface area contributed by atoms with Crippen molar-refractivity contribution in [2.45, 2.75) is 24.9 Å². The van der Waals surface area contributed by atoms with Gasteiger partial charge in [-0.15, -0.1) is 4.83 Å². The molecule has 1 aliphatic heterocycles. The van der Waals surface area contributed by atoms with Crippen LogP contribution in [-0.2, 0) is 10.0 Å². The van der Waals surface area contributed by atoms with E-state index in [2.05, 4.69) is 15.1 Å². The number of hydrogen-bond donors (Lipinski definition) is 2. The molecule has 1 amide bonds. The van der Waals surface area contributed by atoms with Crippen LogP contribution in [0.4, 0.5) is 5.69 Å². The molecule has 3 aromatic rings. The van der Waals surface area contributed by atoms with Crippen molar-refractivity contribution in [2.75, 3.05) is 5.32 Å². The number of hydrazine groups is 1. The summed E-state index contributed by atoms with van der Waals surface area (Å²) in [5, 5.41) is 4.30. The van der Waals surface area contributed by atoms with Crippen molar-refractivity contribution in [3.8, 4) is 0 Å². The van der Waals surface area contributed by atoms with Crippen LogP contribution in [0.5, 0.6) is 0 Å². The molecule has 1 aliphatic rings. The Bertz CT molecular complexity index is 1180. The van der Waals surface area contributed by atoms with Gasteiger partial charge >= 0.3 is 0 Å². The highest BCUT2D eigenvalue weighted by Crippen LogP contribution is 2.31. The van der Waals surface area contributed by atoms with E-state index in [1.165, 1.54) is 12.1 Å². The third-order valence-electron chi connectivity index (χ3n) is 4.67. The van der Waals surface area contributed by atoms with Crippen LogP contribution in [-0.4, -0.2) is 24.3 Å². The quantitative estimate of drug-likeness (QED) is 0.692. The number of amides is 1. The van der Waals surface area contributed by atoms with Crippen LogP contribution >= 0.6 is 0 Å². The number of pyridine rings is 1. The van der Waals surface area contributed by atoms with E-state index in [4.69, 9.17) is 0 Å². The SMILES string of the molecule is Cc1ccc(S(=O)(=O)NN2C(=O)c3ccccc3NC2c2cccc(C)n2)cc1. The van der Waals surface area contributed by atoms with E-state index >= 15 is 0 Å². The fourth-order valence-electron chi connectivity index (χ4n) is 3.17. The predicted molar refractivity (Wildman–Crippen MR) is 109 cm³/mol. The number of nitrogens with one attached hydrogen (secondary N) is 2. The minimum atomic E-state index is -3.98. The smallest absolute Gasteiger partial charge is 0.273 e. The second-order valence-corrected chi connectivity index (χ2v) is 8.54. The number of anilines is 1. The molecule has 1 atom stereocenters. The van der Waals surface area contributed by atoms with Gasteiger partial charge in [-0.3, -0.25) is 9.78 Å². The molecule has 0 saturated heterocycles. The molecule has 0 bridgehead atoms. The Hall–Kier alpha value is -3.23. The first-order valence-electron chi connectivity index (χ1n) is 9.07. The largest absolute Gasteiger partial charge is 0.358 e. The average Bonchev–Trinajstić information content (AvgIpc) is 2.70. The maximum atomic E-state index is 13.2. The number of aryl methyl sites for hydroxylation is 2. The highest BCUT2D eigenvalue weighted by Gasteiger charge is 2.36. The molecule has 0 aliphatic carbocycles. The summed E-state index contributed by atoms with van der Waals surface area (Å²) in [6, 6.07) is 18.8. The highest BCUT2D eigenvalue weighted by atomic mass is 32.2. The van der Waals surface area contributed by atoms with Crippen LogP contribution in [0, 0.1) is 13.8 Å². The van der Waals surface area contributed by atoms with Crippen molar-refractivity contribution < 1.29 is 13.2 Å². The lowest BCUT2D eigenvalue weighted by Gasteiger charge is -2.37. The molecule has 1 aromatic heterocycles. The van der Waals surface area contributed by atoms with E-state index in [1.807, 2.05) is 32.0 Å². The summed E-state index contributed by atoms with van der Waals surface area (Å²) in [7, 11) is -3.98. The Morgan fingerprint density at radius 1 is 0.966 bits per heavy atom. The molecule has 7 nitrogen and oxygen atoms in total. The van der Waals surface area contributed by atoms with Crippen LogP contribution in [0.2, 0.25) is 0 Å². The summed E-state index contributed by atoms with van der Waals surface area (Å²) < 4.78 is 25.9. The monoisotopic (exact) mass is 408 g/mol. The Kier molecular flexibility index (Phi) is 4.81. The van der Waals surface area contributed by atoms with E-state index in [-0.39, 0.29) is 4.90 Å². The van der Waals surface area contributed by atoms with Gasteiger partial charge in [-0.1, -0.05) is 35.9 Å². The van der Waals surface area contributed by atoms with Crippen LogP contribution in [0.15, 0.2) is 71.6 Å². The van der Waals surface area contributed by atoms with Crippen LogP contribution in [0.25, 0.3) is 0 Å². The number of para-hydroxylation sites is 1. The molecule has 0 radical (unpaired) electrons. The number of carbonyl (C=O) groups is 1. The zero-order valence-corrected chi connectivity index (χ0v) is 16.8. The molecule has 4 rings (SSSR count). The van der Waals surface area contributed by atoms with Gasteiger partial charge in [-0.25, -0.2) is 13.4 Å². The summed E-state index contributed by atoms with van der Waals surface area (Å²) in [5.41, 5.74) is 3.23. The number of benzene rings is 2. The Labute approximate surface area is 169 Å². The fraction of sp³-hybridized carbons (Fsp3) is 0.143. The number of hydrogen-bond acceptors (Lipinski definition) is 5. The zero-order valence-electron chi connectivity index (χ0n) is 16.0. The molecule has 0 fully saturated rings. The summed E-state index contributed by atoms with van der Waals surface area (Å²) >= 11 is 0. The standard InChI is InChI=1S/C21H20N4O3S/c1-14-10-12-16(13-11-14)29(27,28)24-25-20(19-9-5-6-15(2)22-19)23-18-8-4-3-7-17(18)21(25)26/h3-13,20,23-24H,1-2H3. The van der Waals surface area contributed by atoms with Gasteiger partial charge in [-0.05, 0) is 50.2 Å². The lowest BCUT2D eigenvalue weighted by Crippen LogP contribution is -2.52. The van der Waals surface area contributed by atoms with Gasteiger partial charge in [0.15, 0.2) is 6.17 Å². The van der Waals surface area contributed by atoms with E-state index in [0.29, 0.717) is 16.9 Å². The van der Waals surface area contributed by atoms with Crippen LogP contribution < -0.4 is 10.1 Å². The molecule has 2 aromatic carbocycles. The minimum absolute atomic E-state index is 0.0747. The number of nitrogens with zero attached hydrogens (tertiary/aromatic N) is 2. The summed E-state index contributed by atoms with van der Waals surface area (Å²) in [6.45, 7) is 3.71. The number of aromatic nitrogens is 1. The maximum Gasteiger partial charge on any atom is 0.273 e. The van der Waals surface area contributed by atoms with Gasteiger partial charge < -0.3 is 5.32 Å². The van der Waals surface area contributed by atoms with Crippen molar-refractivity contribution in [3.05, 3.63) is 89.2 Å². The van der Waals surface area contributed by atoms with E-state index < -0.39 is 22.1 Å². The van der Waals surface area contributed by atoms with Gasteiger partial charge in [0.2, 0.25) is 0 Å². The van der Waals surface area contributed by atoms with E-state index in [0.717, 1.165) is 16.3 Å². The number of rotatable bonds is 4. The molecular weight excluding hydrogens is 388 g/mol. The third kappa shape index (κ3) is 3.72. The average molecular weight is 408 g/mol. The second-order valence-electron chi connectivity index (χ2n) is 6.88. The normalized spacial score (nSPS) is 16.3. The Balaban J connectivity index is 1.77. The molecule has 2 N–H and O–H groups in total. The van der Waals surface area contributed by atoms with Crippen molar-refractivity contribution in [1.82, 2.24) is 14.8 Å². The molecular formula is C21H20N4O3S. The van der Waals surface area contributed by atoms with Gasteiger partial charge in [0.25, 0.3) is 15.9 Å². The van der Waals surface area contributed by atoms with Crippen LogP contribution in [0.1, 0.15) is 33.5 Å². The number of sulfonamides is 1. The van der Waals surface area contributed by atoms with E-state index in [9.17, 15) is 13.2 Å². The molecule has 1 unspecified atom stereocenters. The molecule has 8 heteroatoms. The topological polar surface area (TPSA) is 91.4 Å². The minimum Gasteiger partial charge on any atom is -0.358 e. The summed E-state index contributed by atoms with van der Waals surface area (Å²) in [6.07, 6.45) is -0.794. The molecule has 0 spiro atoms. The van der Waals surface area contributed by atoms with Crippen molar-refractivity contribution >= 4 is 21.6 Å². The number of carbonyl (C=O) groups excluding carboxylic acids is 1. The van der Waals surface area contributed by atoms with E-state index in [1.54, 1.807) is 36.4 Å². The predicted octanol–water partition coefficient (Wildman–Crippen LogP) is 3.16. The first-order valence-corrected chi connectivity index (χ1v) is 10.6.